The molecule has 0 atom stereocenters. The topological polar surface area (TPSA) is 41.1 Å². The van der Waals surface area contributed by atoms with Crippen molar-refractivity contribution >= 4 is 33.2 Å². The number of nitrogens with one attached hydrogen (secondary N) is 2. The van der Waals surface area contributed by atoms with Crippen LogP contribution in [0.15, 0.2) is 15.2 Å². The number of rotatable bonds is 6. The van der Waals surface area contributed by atoms with E-state index in [-0.39, 0.29) is 5.91 Å². The summed E-state index contributed by atoms with van der Waals surface area (Å²) in [5.74, 6) is -0.00440. The van der Waals surface area contributed by atoms with E-state index in [2.05, 4.69) is 33.5 Å². The normalized spacial score (nSPS) is 10.3. The Morgan fingerprint density at radius 2 is 2.27 bits per heavy atom. The van der Waals surface area contributed by atoms with Gasteiger partial charge in [-0.05, 0) is 35.0 Å². The molecule has 1 amide bonds. The van der Waals surface area contributed by atoms with Crippen molar-refractivity contribution in [2.24, 2.45) is 0 Å². The molecular formula is C10H15BrN2OS. The second kappa shape index (κ2) is 6.98. The van der Waals surface area contributed by atoms with Crippen LogP contribution in [0.25, 0.3) is 0 Å². The Bertz CT molecular complexity index is 314. The third kappa shape index (κ3) is 4.77. The van der Waals surface area contributed by atoms with Crippen molar-refractivity contribution in [2.75, 3.05) is 19.6 Å². The lowest BCUT2D eigenvalue weighted by atomic mass is 10.3. The van der Waals surface area contributed by atoms with E-state index in [0.717, 1.165) is 28.9 Å². The minimum Gasteiger partial charge on any atom is -0.351 e. The zero-order valence-electron chi connectivity index (χ0n) is 8.68. The first-order valence-electron chi connectivity index (χ1n) is 4.97. The molecule has 0 fully saturated rings. The second-order valence-corrected chi connectivity index (χ2v) is 5.44. The fourth-order valence-electron chi connectivity index (χ4n) is 1.10. The van der Waals surface area contributed by atoms with Crippen molar-refractivity contribution in [1.29, 1.82) is 0 Å². The highest BCUT2D eigenvalue weighted by molar-refractivity contribution is 9.11. The lowest BCUT2D eigenvalue weighted by Crippen LogP contribution is -2.31. The molecule has 1 aromatic rings. The van der Waals surface area contributed by atoms with E-state index in [4.69, 9.17) is 0 Å². The van der Waals surface area contributed by atoms with Gasteiger partial charge in [0.1, 0.15) is 0 Å². The standard InChI is InChI=1S/C10H15BrN2OS/c1-2-3-12-4-5-13-10(14)8-6-9(11)15-7-8/h6-7,12H,2-5H2,1H3,(H,13,14). The summed E-state index contributed by atoms with van der Waals surface area (Å²) in [4.78, 5) is 11.5. The van der Waals surface area contributed by atoms with Gasteiger partial charge in [-0.15, -0.1) is 11.3 Å². The molecule has 0 bridgehead atoms. The van der Waals surface area contributed by atoms with E-state index in [1.807, 2.05) is 11.4 Å². The van der Waals surface area contributed by atoms with Crippen molar-refractivity contribution in [1.82, 2.24) is 10.6 Å². The van der Waals surface area contributed by atoms with Crippen LogP contribution in [0.1, 0.15) is 23.7 Å². The molecule has 0 aromatic carbocycles. The summed E-state index contributed by atoms with van der Waals surface area (Å²) in [6.07, 6.45) is 1.12. The Kier molecular flexibility index (Phi) is 5.90. The summed E-state index contributed by atoms with van der Waals surface area (Å²) in [7, 11) is 0. The number of carbonyl (C=O) groups excluding carboxylic acids is 1. The van der Waals surface area contributed by atoms with Crippen molar-refractivity contribution in [3.05, 3.63) is 20.8 Å². The Balaban J connectivity index is 2.19. The Morgan fingerprint density at radius 3 is 2.87 bits per heavy atom. The number of thiophene rings is 1. The van der Waals surface area contributed by atoms with E-state index in [0.29, 0.717) is 6.54 Å². The average molecular weight is 291 g/mol. The first-order valence-corrected chi connectivity index (χ1v) is 6.64. The Labute approximate surface area is 102 Å². The minimum absolute atomic E-state index is 0.00440. The molecule has 1 rings (SSSR count). The fourth-order valence-corrected chi connectivity index (χ4v) is 2.23. The van der Waals surface area contributed by atoms with Crippen molar-refractivity contribution in [2.45, 2.75) is 13.3 Å². The molecule has 0 aliphatic rings. The lowest BCUT2D eigenvalue weighted by molar-refractivity contribution is 0.0954. The van der Waals surface area contributed by atoms with Gasteiger partial charge in [-0.25, -0.2) is 0 Å². The highest BCUT2D eigenvalue weighted by Crippen LogP contribution is 2.20. The molecule has 0 unspecified atom stereocenters. The van der Waals surface area contributed by atoms with E-state index < -0.39 is 0 Å². The maximum atomic E-state index is 11.5. The van der Waals surface area contributed by atoms with Crippen LogP contribution in [0.5, 0.6) is 0 Å². The zero-order valence-corrected chi connectivity index (χ0v) is 11.1. The van der Waals surface area contributed by atoms with Crippen LogP contribution in [0, 0.1) is 0 Å². The van der Waals surface area contributed by atoms with Crippen LogP contribution >= 0.6 is 27.3 Å². The van der Waals surface area contributed by atoms with Crippen LogP contribution in [0.3, 0.4) is 0 Å². The Hall–Kier alpha value is -0.390. The maximum absolute atomic E-state index is 11.5. The highest BCUT2D eigenvalue weighted by Gasteiger charge is 2.06. The first-order chi connectivity index (χ1) is 7.24. The molecule has 3 nitrogen and oxygen atoms in total. The molecule has 0 saturated carbocycles. The number of hydrogen-bond acceptors (Lipinski definition) is 3. The third-order valence-corrected chi connectivity index (χ3v) is 3.35. The van der Waals surface area contributed by atoms with E-state index in [9.17, 15) is 4.79 Å². The predicted octanol–water partition coefficient (Wildman–Crippen LogP) is 2.24. The molecule has 84 valence electrons. The van der Waals surface area contributed by atoms with Gasteiger partial charge in [-0.3, -0.25) is 4.79 Å². The third-order valence-electron chi connectivity index (χ3n) is 1.84. The van der Waals surface area contributed by atoms with Crippen LogP contribution in [-0.2, 0) is 0 Å². The van der Waals surface area contributed by atoms with Gasteiger partial charge >= 0.3 is 0 Å². The Morgan fingerprint density at radius 1 is 1.47 bits per heavy atom. The average Bonchev–Trinajstić information content (AvgIpc) is 2.64. The van der Waals surface area contributed by atoms with Gasteiger partial charge in [0.15, 0.2) is 0 Å². The van der Waals surface area contributed by atoms with Gasteiger partial charge in [-0.1, -0.05) is 6.92 Å². The number of amides is 1. The van der Waals surface area contributed by atoms with Crippen molar-refractivity contribution in [3.8, 4) is 0 Å². The lowest BCUT2D eigenvalue weighted by Gasteiger charge is -2.04. The molecule has 1 heterocycles. The van der Waals surface area contributed by atoms with Crippen molar-refractivity contribution in [3.63, 3.8) is 0 Å². The van der Waals surface area contributed by atoms with Gasteiger partial charge < -0.3 is 10.6 Å². The SMILES string of the molecule is CCCNCCNC(=O)c1csc(Br)c1. The second-order valence-electron chi connectivity index (χ2n) is 3.15. The fraction of sp³-hybridized carbons (Fsp3) is 0.500. The van der Waals surface area contributed by atoms with Crippen LogP contribution < -0.4 is 10.6 Å². The molecular weight excluding hydrogens is 276 g/mol. The molecule has 1 aromatic heterocycles. The molecule has 0 aliphatic heterocycles. The monoisotopic (exact) mass is 290 g/mol. The smallest absolute Gasteiger partial charge is 0.252 e. The molecule has 0 spiro atoms. The molecule has 0 saturated heterocycles. The number of halogens is 1. The number of hydrogen-bond donors (Lipinski definition) is 2. The molecule has 15 heavy (non-hydrogen) atoms. The summed E-state index contributed by atoms with van der Waals surface area (Å²) >= 11 is 4.85. The summed E-state index contributed by atoms with van der Waals surface area (Å²) in [5.41, 5.74) is 0.724. The first kappa shape index (κ1) is 12.7. The summed E-state index contributed by atoms with van der Waals surface area (Å²) < 4.78 is 0.983. The van der Waals surface area contributed by atoms with E-state index >= 15 is 0 Å². The van der Waals surface area contributed by atoms with E-state index in [1.54, 1.807) is 0 Å². The summed E-state index contributed by atoms with van der Waals surface area (Å²) in [6, 6.07) is 1.83. The molecule has 0 aliphatic carbocycles. The van der Waals surface area contributed by atoms with Gasteiger partial charge in [0.2, 0.25) is 0 Å². The van der Waals surface area contributed by atoms with Crippen LogP contribution in [-0.4, -0.2) is 25.5 Å². The number of carbonyl (C=O) groups is 1. The summed E-state index contributed by atoms with van der Waals surface area (Å²) in [5, 5.41) is 7.93. The molecule has 5 heteroatoms. The minimum atomic E-state index is -0.00440. The highest BCUT2D eigenvalue weighted by atomic mass is 79.9. The van der Waals surface area contributed by atoms with Crippen LogP contribution in [0.4, 0.5) is 0 Å². The van der Waals surface area contributed by atoms with Gasteiger partial charge in [0.25, 0.3) is 5.91 Å². The van der Waals surface area contributed by atoms with Crippen molar-refractivity contribution < 1.29 is 4.79 Å². The zero-order chi connectivity index (χ0) is 11.1. The van der Waals surface area contributed by atoms with Gasteiger partial charge in [0.05, 0.1) is 9.35 Å². The quantitative estimate of drug-likeness (QED) is 0.789. The largest absolute Gasteiger partial charge is 0.351 e. The molecule has 0 radical (unpaired) electrons. The van der Waals surface area contributed by atoms with Gasteiger partial charge in [0, 0.05) is 18.5 Å². The van der Waals surface area contributed by atoms with E-state index in [1.165, 1.54) is 11.3 Å². The van der Waals surface area contributed by atoms with Gasteiger partial charge in [-0.2, -0.15) is 0 Å². The summed E-state index contributed by atoms with van der Waals surface area (Å²) in [6.45, 7) is 4.62. The van der Waals surface area contributed by atoms with Crippen LogP contribution in [0.2, 0.25) is 0 Å². The maximum Gasteiger partial charge on any atom is 0.252 e. The predicted molar refractivity (Wildman–Crippen MR) is 67.5 cm³/mol. The molecule has 2 N–H and O–H groups in total.